The van der Waals surface area contributed by atoms with Gasteiger partial charge >= 0.3 is 0 Å². The normalized spacial score (nSPS) is 10.5. The zero-order valence-corrected chi connectivity index (χ0v) is 15.3. The van der Waals surface area contributed by atoms with Gasteiger partial charge in [0.15, 0.2) is 0 Å². The van der Waals surface area contributed by atoms with Gasteiger partial charge in [0, 0.05) is 25.8 Å². The summed E-state index contributed by atoms with van der Waals surface area (Å²) in [5.41, 5.74) is 2.65. The van der Waals surface area contributed by atoms with Gasteiger partial charge in [-0.15, -0.1) is 0 Å². The lowest BCUT2D eigenvalue weighted by Gasteiger charge is -2.22. The fourth-order valence-corrected chi connectivity index (χ4v) is 2.91. The van der Waals surface area contributed by atoms with Crippen LogP contribution in [0.2, 0.25) is 0 Å². The lowest BCUT2D eigenvalue weighted by molar-refractivity contribution is 0.806. The lowest BCUT2D eigenvalue weighted by atomic mass is 10.1. The molecule has 0 amide bonds. The highest BCUT2D eigenvalue weighted by atomic mass is 15.2. The zero-order chi connectivity index (χ0) is 18.0. The molecule has 0 aliphatic rings. The van der Waals surface area contributed by atoms with E-state index >= 15 is 0 Å². The molecule has 0 fully saturated rings. The van der Waals surface area contributed by atoms with Gasteiger partial charge in [-0.25, -0.2) is 4.98 Å². The van der Waals surface area contributed by atoms with Gasteiger partial charge in [0.1, 0.15) is 5.82 Å². The molecule has 0 bridgehead atoms. The van der Waals surface area contributed by atoms with Gasteiger partial charge in [0.25, 0.3) is 0 Å². The number of hydrogen-bond donors (Lipinski definition) is 1. The molecule has 0 saturated heterocycles. The van der Waals surface area contributed by atoms with Crippen molar-refractivity contribution >= 4 is 11.8 Å². The molecular weight excluding hydrogens is 320 g/mol. The molecule has 0 aliphatic carbocycles. The van der Waals surface area contributed by atoms with Crippen molar-refractivity contribution in [2.24, 2.45) is 0 Å². The summed E-state index contributed by atoms with van der Waals surface area (Å²) in [5, 5.41) is 3.35. The Kier molecular flexibility index (Phi) is 6.59. The van der Waals surface area contributed by atoms with Crippen molar-refractivity contribution in [3.05, 3.63) is 84.1 Å². The van der Waals surface area contributed by atoms with Gasteiger partial charge in [0.05, 0.1) is 0 Å². The summed E-state index contributed by atoms with van der Waals surface area (Å²) in [6, 6.07) is 23.0. The predicted octanol–water partition coefficient (Wildman–Crippen LogP) is 4.55. The number of nitrogens with one attached hydrogen (secondary N) is 1. The highest BCUT2D eigenvalue weighted by Gasteiger charge is 2.08. The first-order valence-electron chi connectivity index (χ1n) is 9.25. The van der Waals surface area contributed by atoms with Crippen LogP contribution < -0.4 is 10.2 Å². The summed E-state index contributed by atoms with van der Waals surface area (Å²) in [6.07, 6.45) is 3.94. The minimum absolute atomic E-state index is 0.696. The van der Waals surface area contributed by atoms with E-state index in [-0.39, 0.29) is 0 Å². The first-order chi connectivity index (χ1) is 12.8. The van der Waals surface area contributed by atoms with Crippen LogP contribution in [-0.2, 0) is 13.0 Å². The van der Waals surface area contributed by atoms with E-state index in [1.165, 1.54) is 11.1 Å². The van der Waals surface area contributed by atoms with Gasteiger partial charge in [-0.2, -0.15) is 4.98 Å². The molecule has 26 heavy (non-hydrogen) atoms. The van der Waals surface area contributed by atoms with E-state index in [0.717, 1.165) is 38.3 Å². The van der Waals surface area contributed by atoms with E-state index < -0.39 is 0 Å². The molecular formula is C22H26N4. The van der Waals surface area contributed by atoms with Crippen molar-refractivity contribution in [2.75, 3.05) is 23.3 Å². The third kappa shape index (κ3) is 5.31. The minimum atomic E-state index is 0.696. The standard InChI is InChI=1S/C22H26N4/c1-2-26(18-20-12-7-4-8-13-20)21-15-17-24-22(25-21)23-16-9-14-19-10-5-3-6-11-19/h3-8,10-13,15,17H,2,9,14,16,18H2,1H3,(H,23,24,25). The number of aryl methyl sites for hydroxylation is 1. The lowest BCUT2D eigenvalue weighted by Crippen LogP contribution is -2.23. The number of benzene rings is 2. The Morgan fingerprint density at radius 3 is 2.27 bits per heavy atom. The Morgan fingerprint density at radius 1 is 0.885 bits per heavy atom. The molecule has 1 N–H and O–H groups in total. The van der Waals surface area contributed by atoms with Crippen LogP contribution in [0.25, 0.3) is 0 Å². The number of nitrogens with zero attached hydrogens (tertiary/aromatic N) is 3. The molecule has 0 aliphatic heterocycles. The fraction of sp³-hybridized carbons (Fsp3) is 0.273. The van der Waals surface area contributed by atoms with Crippen molar-refractivity contribution in [2.45, 2.75) is 26.3 Å². The molecule has 4 nitrogen and oxygen atoms in total. The van der Waals surface area contributed by atoms with Gasteiger partial charge in [-0.1, -0.05) is 60.7 Å². The Hall–Kier alpha value is -2.88. The predicted molar refractivity (Wildman–Crippen MR) is 108 cm³/mol. The largest absolute Gasteiger partial charge is 0.354 e. The average molecular weight is 346 g/mol. The maximum Gasteiger partial charge on any atom is 0.224 e. The molecule has 1 aromatic heterocycles. The van der Waals surface area contributed by atoms with Crippen LogP contribution in [0.15, 0.2) is 72.9 Å². The molecule has 0 atom stereocenters. The molecule has 1 heterocycles. The molecule has 134 valence electrons. The Bertz CT molecular complexity index is 774. The molecule has 3 rings (SSSR count). The minimum Gasteiger partial charge on any atom is -0.354 e. The monoisotopic (exact) mass is 346 g/mol. The summed E-state index contributed by atoms with van der Waals surface area (Å²) in [5.74, 6) is 1.65. The second-order valence-electron chi connectivity index (χ2n) is 6.25. The first kappa shape index (κ1) is 17.9. The molecule has 2 aromatic carbocycles. The molecule has 0 spiro atoms. The number of rotatable bonds is 9. The van der Waals surface area contributed by atoms with E-state index in [4.69, 9.17) is 0 Å². The van der Waals surface area contributed by atoms with Crippen LogP contribution >= 0.6 is 0 Å². The second kappa shape index (κ2) is 9.56. The number of anilines is 2. The van der Waals surface area contributed by atoms with Crippen molar-refractivity contribution in [3.8, 4) is 0 Å². The van der Waals surface area contributed by atoms with Crippen molar-refractivity contribution < 1.29 is 0 Å². The maximum absolute atomic E-state index is 4.69. The van der Waals surface area contributed by atoms with Crippen molar-refractivity contribution in [1.82, 2.24) is 9.97 Å². The number of hydrogen-bond acceptors (Lipinski definition) is 4. The van der Waals surface area contributed by atoms with E-state index in [1.54, 1.807) is 0 Å². The Morgan fingerprint density at radius 2 is 1.58 bits per heavy atom. The van der Waals surface area contributed by atoms with E-state index in [2.05, 4.69) is 81.7 Å². The second-order valence-corrected chi connectivity index (χ2v) is 6.25. The third-order valence-corrected chi connectivity index (χ3v) is 4.33. The molecule has 0 saturated carbocycles. The SMILES string of the molecule is CCN(Cc1ccccc1)c1ccnc(NCCCc2ccccc2)n1. The average Bonchev–Trinajstić information content (AvgIpc) is 2.71. The van der Waals surface area contributed by atoms with Gasteiger partial charge in [0.2, 0.25) is 5.95 Å². The quantitative estimate of drug-likeness (QED) is 0.577. The fourth-order valence-electron chi connectivity index (χ4n) is 2.91. The van der Waals surface area contributed by atoms with Crippen molar-refractivity contribution in [1.29, 1.82) is 0 Å². The van der Waals surface area contributed by atoms with E-state index in [0.29, 0.717) is 5.95 Å². The van der Waals surface area contributed by atoms with Gasteiger partial charge in [-0.3, -0.25) is 0 Å². The molecule has 0 unspecified atom stereocenters. The van der Waals surface area contributed by atoms with Crippen molar-refractivity contribution in [3.63, 3.8) is 0 Å². The van der Waals surface area contributed by atoms with Crippen LogP contribution in [0.5, 0.6) is 0 Å². The summed E-state index contributed by atoms with van der Waals surface area (Å²) < 4.78 is 0. The summed E-state index contributed by atoms with van der Waals surface area (Å²) in [7, 11) is 0. The summed E-state index contributed by atoms with van der Waals surface area (Å²) in [6.45, 7) is 4.77. The highest BCUT2D eigenvalue weighted by Crippen LogP contribution is 2.15. The van der Waals surface area contributed by atoms with E-state index in [1.807, 2.05) is 18.3 Å². The Labute approximate surface area is 155 Å². The first-order valence-corrected chi connectivity index (χ1v) is 9.25. The molecule has 0 radical (unpaired) electrons. The highest BCUT2D eigenvalue weighted by molar-refractivity contribution is 5.43. The maximum atomic E-state index is 4.69. The van der Waals surface area contributed by atoms with Crippen LogP contribution in [0.3, 0.4) is 0 Å². The van der Waals surface area contributed by atoms with E-state index in [9.17, 15) is 0 Å². The van der Waals surface area contributed by atoms with Crippen LogP contribution in [0, 0.1) is 0 Å². The molecule has 4 heteroatoms. The van der Waals surface area contributed by atoms with Crippen LogP contribution in [0.1, 0.15) is 24.5 Å². The zero-order valence-electron chi connectivity index (χ0n) is 15.3. The summed E-state index contributed by atoms with van der Waals surface area (Å²) >= 11 is 0. The van der Waals surface area contributed by atoms with Gasteiger partial charge in [-0.05, 0) is 37.0 Å². The van der Waals surface area contributed by atoms with Crippen LogP contribution in [-0.4, -0.2) is 23.1 Å². The smallest absolute Gasteiger partial charge is 0.224 e. The topological polar surface area (TPSA) is 41.1 Å². The third-order valence-electron chi connectivity index (χ3n) is 4.33. The van der Waals surface area contributed by atoms with Gasteiger partial charge < -0.3 is 10.2 Å². The van der Waals surface area contributed by atoms with Crippen LogP contribution in [0.4, 0.5) is 11.8 Å². The summed E-state index contributed by atoms with van der Waals surface area (Å²) in [4.78, 5) is 11.3. The Balaban J connectivity index is 1.54. The molecule has 3 aromatic rings. The number of aromatic nitrogens is 2.